The molecule has 0 aliphatic carbocycles. The van der Waals surface area contributed by atoms with Crippen LogP contribution in [-0.2, 0) is 0 Å². The Balaban J connectivity index is 1.60. The molecule has 0 saturated carbocycles. The van der Waals surface area contributed by atoms with Crippen molar-refractivity contribution in [2.75, 3.05) is 25.0 Å². The Morgan fingerprint density at radius 2 is 1.62 bits per heavy atom. The number of allylic oxidation sites excluding steroid dienone is 1. The summed E-state index contributed by atoms with van der Waals surface area (Å²) in [5.41, 5.74) is 6.08. The van der Waals surface area contributed by atoms with Gasteiger partial charge in [-0.2, -0.15) is 0 Å². The fourth-order valence-electron chi connectivity index (χ4n) is 3.57. The summed E-state index contributed by atoms with van der Waals surface area (Å²) >= 11 is 1.90. The minimum atomic E-state index is 0.398. The molecular formula is C26H26N2S. The highest BCUT2D eigenvalue weighted by Crippen LogP contribution is 2.37. The van der Waals surface area contributed by atoms with Crippen LogP contribution in [0.25, 0.3) is 6.08 Å². The number of benzodiazepines with no additional fused rings is 1. The molecule has 0 spiro atoms. The van der Waals surface area contributed by atoms with Crippen LogP contribution in [0, 0.1) is 0 Å². The van der Waals surface area contributed by atoms with Crippen LogP contribution >= 0.6 is 11.8 Å². The van der Waals surface area contributed by atoms with Gasteiger partial charge < -0.3 is 4.90 Å². The zero-order valence-electron chi connectivity index (χ0n) is 17.0. The van der Waals surface area contributed by atoms with Crippen molar-refractivity contribution in [2.24, 2.45) is 4.99 Å². The maximum atomic E-state index is 4.85. The number of nitrogens with zero attached hydrogens (tertiary/aromatic N) is 2. The molecule has 3 heteroatoms. The van der Waals surface area contributed by atoms with Gasteiger partial charge in [-0.25, -0.2) is 0 Å². The van der Waals surface area contributed by atoms with Crippen molar-refractivity contribution in [1.82, 2.24) is 0 Å². The Morgan fingerprint density at radius 3 is 2.48 bits per heavy atom. The van der Waals surface area contributed by atoms with Crippen molar-refractivity contribution in [1.29, 1.82) is 0 Å². The lowest BCUT2D eigenvalue weighted by Gasteiger charge is -2.18. The third kappa shape index (κ3) is 4.63. The van der Waals surface area contributed by atoms with Crippen LogP contribution in [0.15, 0.2) is 94.8 Å². The van der Waals surface area contributed by atoms with E-state index in [-0.39, 0.29) is 0 Å². The van der Waals surface area contributed by atoms with Crippen LogP contribution in [0.2, 0.25) is 0 Å². The molecule has 4 rings (SSSR count). The van der Waals surface area contributed by atoms with E-state index in [0.717, 1.165) is 18.8 Å². The maximum absolute atomic E-state index is 4.85. The molecule has 29 heavy (non-hydrogen) atoms. The van der Waals surface area contributed by atoms with Crippen molar-refractivity contribution < 1.29 is 0 Å². The molecule has 0 amide bonds. The van der Waals surface area contributed by atoms with E-state index in [1.165, 1.54) is 27.3 Å². The second kappa shape index (κ2) is 9.15. The van der Waals surface area contributed by atoms with Gasteiger partial charge in [-0.05, 0) is 36.3 Å². The number of aliphatic imine (C=N–C) groups is 1. The van der Waals surface area contributed by atoms with E-state index in [1.807, 2.05) is 11.8 Å². The molecule has 1 aliphatic rings. The van der Waals surface area contributed by atoms with Gasteiger partial charge in [0.15, 0.2) is 0 Å². The molecule has 1 atom stereocenters. The van der Waals surface area contributed by atoms with E-state index in [0.29, 0.717) is 5.25 Å². The predicted octanol–water partition coefficient (Wildman–Crippen LogP) is 6.49. The Bertz CT molecular complexity index is 1020. The van der Waals surface area contributed by atoms with E-state index in [2.05, 4.69) is 110 Å². The zero-order valence-corrected chi connectivity index (χ0v) is 17.8. The van der Waals surface area contributed by atoms with Gasteiger partial charge >= 0.3 is 0 Å². The summed E-state index contributed by atoms with van der Waals surface area (Å²) in [5.74, 6) is 0. The van der Waals surface area contributed by atoms with E-state index >= 15 is 0 Å². The van der Waals surface area contributed by atoms with Gasteiger partial charge in [-0.15, -0.1) is 11.8 Å². The van der Waals surface area contributed by atoms with Crippen LogP contribution in [0.5, 0.6) is 0 Å². The number of rotatable bonds is 5. The smallest absolute Gasteiger partial charge is 0.0668 e. The zero-order chi connectivity index (χ0) is 20.1. The Labute approximate surface area is 178 Å². The minimum Gasteiger partial charge on any atom is -0.372 e. The number of fused-ring (bicyclic) bond motifs is 1. The average Bonchev–Trinajstić information content (AvgIpc) is 2.93. The van der Waals surface area contributed by atoms with Gasteiger partial charge in [0, 0.05) is 35.0 Å². The maximum Gasteiger partial charge on any atom is 0.0668 e. The third-order valence-electron chi connectivity index (χ3n) is 5.22. The highest BCUT2D eigenvalue weighted by molar-refractivity contribution is 7.99. The summed E-state index contributed by atoms with van der Waals surface area (Å²) in [6.07, 6.45) is 4.38. The van der Waals surface area contributed by atoms with Crippen molar-refractivity contribution in [2.45, 2.75) is 17.1 Å². The quantitative estimate of drug-likeness (QED) is 0.456. The van der Waals surface area contributed by atoms with Crippen molar-refractivity contribution in [3.05, 3.63) is 102 Å². The Hall–Kier alpha value is -2.78. The van der Waals surface area contributed by atoms with Crippen LogP contribution < -0.4 is 4.90 Å². The van der Waals surface area contributed by atoms with Crippen LogP contribution in [0.4, 0.5) is 5.69 Å². The number of hydrogen-bond acceptors (Lipinski definition) is 3. The van der Waals surface area contributed by atoms with Gasteiger partial charge in [0.05, 0.1) is 12.3 Å². The first-order valence-electron chi connectivity index (χ1n) is 10.1. The van der Waals surface area contributed by atoms with Crippen molar-refractivity contribution in [3.63, 3.8) is 0 Å². The molecule has 0 bridgehead atoms. The number of likely N-dealkylation sites (N-methyl/N-ethyl adjacent to an activating group) is 1. The van der Waals surface area contributed by atoms with Gasteiger partial charge in [0.2, 0.25) is 0 Å². The second-order valence-electron chi connectivity index (χ2n) is 7.25. The van der Waals surface area contributed by atoms with Gasteiger partial charge in [-0.3, -0.25) is 4.99 Å². The molecule has 3 aromatic rings. The predicted molar refractivity (Wildman–Crippen MR) is 127 cm³/mol. The molecule has 0 aromatic heterocycles. The Kier molecular flexibility index (Phi) is 6.16. The number of hydrogen-bond donors (Lipinski definition) is 0. The highest BCUT2D eigenvalue weighted by Gasteiger charge is 2.14. The normalized spacial score (nSPS) is 15.0. The number of anilines is 1. The summed E-state index contributed by atoms with van der Waals surface area (Å²) in [5, 5.41) is 0.398. The molecule has 0 radical (unpaired) electrons. The monoisotopic (exact) mass is 398 g/mol. The van der Waals surface area contributed by atoms with Crippen LogP contribution in [0.3, 0.4) is 0 Å². The first-order chi connectivity index (χ1) is 14.2. The summed E-state index contributed by atoms with van der Waals surface area (Å²) in [6.45, 7) is 4.02. The highest BCUT2D eigenvalue weighted by atomic mass is 32.2. The third-order valence-corrected chi connectivity index (χ3v) is 6.47. The molecule has 2 nitrogen and oxygen atoms in total. The van der Waals surface area contributed by atoms with Crippen LogP contribution in [-0.4, -0.2) is 25.8 Å². The summed E-state index contributed by atoms with van der Waals surface area (Å²) < 4.78 is 0. The van der Waals surface area contributed by atoms with Gasteiger partial charge in [0.1, 0.15) is 0 Å². The average molecular weight is 399 g/mol. The SMILES string of the molecule is C[C@@H](Sc1ccccc1/C=C/C1=NCCN(C)c2ccccc21)c1ccccc1. The number of benzene rings is 3. The van der Waals surface area contributed by atoms with E-state index in [1.54, 1.807) is 0 Å². The molecular weight excluding hydrogens is 372 g/mol. The lowest BCUT2D eigenvalue weighted by Crippen LogP contribution is -2.20. The van der Waals surface area contributed by atoms with Gasteiger partial charge in [0.25, 0.3) is 0 Å². The van der Waals surface area contributed by atoms with E-state index in [9.17, 15) is 0 Å². The van der Waals surface area contributed by atoms with Crippen molar-refractivity contribution >= 4 is 29.2 Å². The minimum absolute atomic E-state index is 0.398. The van der Waals surface area contributed by atoms with Crippen molar-refractivity contribution in [3.8, 4) is 0 Å². The summed E-state index contributed by atoms with van der Waals surface area (Å²) in [6, 6.07) is 27.8. The molecule has 0 fully saturated rings. The van der Waals surface area contributed by atoms with Crippen LogP contribution in [0.1, 0.15) is 28.9 Å². The molecule has 0 saturated heterocycles. The lowest BCUT2D eigenvalue weighted by molar-refractivity contribution is 0.897. The first-order valence-corrected chi connectivity index (χ1v) is 10.9. The van der Waals surface area contributed by atoms with E-state index < -0.39 is 0 Å². The Morgan fingerprint density at radius 1 is 0.897 bits per heavy atom. The molecule has 0 unspecified atom stereocenters. The molecule has 1 heterocycles. The summed E-state index contributed by atoms with van der Waals surface area (Å²) in [4.78, 5) is 8.42. The number of thioether (sulfide) groups is 1. The topological polar surface area (TPSA) is 15.6 Å². The van der Waals surface area contributed by atoms with Gasteiger partial charge in [-0.1, -0.05) is 72.8 Å². The summed E-state index contributed by atoms with van der Waals surface area (Å²) in [7, 11) is 2.14. The second-order valence-corrected chi connectivity index (χ2v) is 8.63. The fourth-order valence-corrected chi connectivity index (χ4v) is 4.67. The molecule has 0 N–H and O–H groups in total. The lowest BCUT2D eigenvalue weighted by atomic mass is 10.1. The molecule has 3 aromatic carbocycles. The number of para-hydroxylation sites is 1. The van der Waals surface area contributed by atoms with E-state index in [4.69, 9.17) is 4.99 Å². The fraction of sp³-hybridized carbons (Fsp3) is 0.192. The standard InChI is InChI=1S/C26H26N2S/c1-20(21-10-4-3-5-11-21)29-26-15-9-6-12-22(26)16-17-24-23-13-7-8-14-25(23)28(2)19-18-27-24/h3-17,20H,18-19H2,1-2H3/b17-16+/t20-/m1/s1. The largest absolute Gasteiger partial charge is 0.372 e. The first kappa shape index (κ1) is 19.5. The molecule has 146 valence electrons. The molecule has 1 aliphatic heterocycles.